The number of aliphatic hydroxyl groups is 3. The van der Waals surface area contributed by atoms with Gasteiger partial charge in [0.25, 0.3) is 0 Å². The molecule has 0 aliphatic heterocycles. The summed E-state index contributed by atoms with van der Waals surface area (Å²) in [4.78, 5) is 52.6. The number of phosphoric acid groups is 2. The van der Waals surface area contributed by atoms with E-state index >= 15 is 0 Å². The maximum absolute atomic E-state index is 12.6. The second-order valence-electron chi connectivity index (χ2n) is 14.6. The predicted molar refractivity (Wildman–Crippen MR) is 223 cm³/mol. The number of ether oxygens (including phenoxy) is 2. The highest BCUT2D eigenvalue weighted by atomic mass is 31.2. The van der Waals surface area contributed by atoms with Crippen molar-refractivity contribution in [1.82, 2.24) is 0 Å². The smallest absolute Gasteiger partial charge is 0.462 e. The normalized spacial score (nSPS) is 16.2. The molecule has 0 fully saturated rings. The molecule has 0 aromatic heterocycles. The lowest BCUT2D eigenvalue weighted by Crippen LogP contribution is -2.30. The van der Waals surface area contributed by atoms with Crippen LogP contribution in [0.15, 0.2) is 48.6 Å². The second-order valence-corrected chi connectivity index (χ2v) is 17.3. The summed E-state index contributed by atoms with van der Waals surface area (Å²) in [6.07, 6.45) is 26.1. The van der Waals surface area contributed by atoms with Gasteiger partial charge in [-0.2, -0.15) is 0 Å². The molecule has 0 radical (unpaired) electrons. The van der Waals surface area contributed by atoms with Gasteiger partial charge in [0.05, 0.1) is 32.0 Å². The Kier molecular flexibility index (Phi) is 34.5. The number of hydrogen-bond donors (Lipinski definition) is 6. The van der Waals surface area contributed by atoms with Gasteiger partial charge in [0.1, 0.15) is 12.7 Å². The van der Waals surface area contributed by atoms with Crippen LogP contribution >= 0.6 is 15.6 Å². The Morgan fingerprint density at radius 2 is 1.21 bits per heavy atom. The Labute approximate surface area is 346 Å². The van der Waals surface area contributed by atoms with Gasteiger partial charge in [0, 0.05) is 12.8 Å². The number of carbonyl (C=O) groups is 2. The van der Waals surface area contributed by atoms with Crippen molar-refractivity contribution >= 4 is 27.6 Å². The molecule has 58 heavy (non-hydrogen) atoms. The third-order valence-corrected chi connectivity index (χ3v) is 10.4. The molecule has 0 aliphatic carbocycles. The standard InChI is InChI=1S/C41H74O15P2/c1-4-6-7-8-14-19-25-36(42)26-20-16-17-21-27-37(43)28-23-30-41(46)56-39(34-55-58(50,51)54-32-38(44)31-53-57(47,48)49)33-52-40(45)29-22-15-12-10-9-11-13-18-24-35(3)5-2/h14,16-17,19-21,26-27,35-39,42-44H,4-13,15,18,22-25,28-34H2,1-3H3,(H,50,51)(H2,47,48,49)/b17-16+,19-14-,26-20+,27-21-/t35?,36-,37-,38-,39+/m0/s1. The van der Waals surface area contributed by atoms with Crippen LogP contribution in [-0.2, 0) is 41.8 Å². The van der Waals surface area contributed by atoms with Crippen molar-refractivity contribution in [3.63, 3.8) is 0 Å². The average molecular weight is 869 g/mol. The zero-order valence-electron chi connectivity index (χ0n) is 35.0. The first-order chi connectivity index (χ1) is 27.6. The van der Waals surface area contributed by atoms with E-state index in [1.807, 2.05) is 6.08 Å². The number of aliphatic hydroxyl groups excluding tert-OH is 3. The molecular formula is C41H74O15P2. The van der Waals surface area contributed by atoms with Gasteiger partial charge >= 0.3 is 27.6 Å². The molecule has 6 N–H and O–H groups in total. The summed E-state index contributed by atoms with van der Waals surface area (Å²) in [5, 5.41) is 30.0. The molecular weight excluding hydrogens is 794 g/mol. The van der Waals surface area contributed by atoms with Gasteiger partial charge in [-0.25, -0.2) is 9.13 Å². The maximum atomic E-state index is 12.6. The van der Waals surface area contributed by atoms with Gasteiger partial charge in [-0.15, -0.1) is 0 Å². The summed E-state index contributed by atoms with van der Waals surface area (Å²) in [6, 6.07) is 0. The maximum Gasteiger partial charge on any atom is 0.472 e. The minimum Gasteiger partial charge on any atom is -0.462 e. The summed E-state index contributed by atoms with van der Waals surface area (Å²) in [5.74, 6) is -0.499. The minimum absolute atomic E-state index is 0.129. The first-order valence-corrected chi connectivity index (χ1v) is 24.0. The molecule has 17 heteroatoms. The highest BCUT2D eigenvalue weighted by molar-refractivity contribution is 7.47. The number of esters is 2. The van der Waals surface area contributed by atoms with E-state index < -0.39 is 78.4 Å². The topological polar surface area (TPSA) is 236 Å². The quantitative estimate of drug-likeness (QED) is 0.0113. The van der Waals surface area contributed by atoms with Crippen LogP contribution in [0.3, 0.4) is 0 Å². The van der Waals surface area contributed by atoms with E-state index in [0.29, 0.717) is 12.8 Å². The van der Waals surface area contributed by atoms with Crippen molar-refractivity contribution in [2.24, 2.45) is 5.92 Å². The summed E-state index contributed by atoms with van der Waals surface area (Å²) < 4.78 is 47.5. The molecule has 0 saturated heterocycles. The van der Waals surface area contributed by atoms with Crippen LogP contribution in [0.1, 0.15) is 143 Å². The minimum atomic E-state index is -4.89. The highest BCUT2D eigenvalue weighted by Crippen LogP contribution is 2.43. The number of carbonyl (C=O) groups excluding carboxylic acids is 2. The van der Waals surface area contributed by atoms with E-state index in [0.717, 1.165) is 44.4 Å². The SMILES string of the molecule is CCCCC/C=C\C[C@H](O)/C=C/C=C/C=C\[C@H](O)CCCC(=O)O[C@H](COC(=O)CCCCCCCCCCC(C)CC)COP(=O)(O)OC[C@@H](O)COP(=O)(O)O. The molecule has 15 nitrogen and oxygen atoms in total. The number of unbranched alkanes of at least 4 members (excludes halogenated alkanes) is 10. The zero-order chi connectivity index (χ0) is 43.5. The van der Waals surface area contributed by atoms with E-state index in [1.165, 1.54) is 44.9 Å². The van der Waals surface area contributed by atoms with E-state index in [-0.39, 0.29) is 25.7 Å². The molecule has 0 aliphatic rings. The first kappa shape index (κ1) is 56.0. The van der Waals surface area contributed by atoms with Crippen molar-refractivity contribution < 1.29 is 71.8 Å². The monoisotopic (exact) mass is 868 g/mol. The predicted octanol–water partition coefficient (Wildman–Crippen LogP) is 8.08. The number of allylic oxidation sites excluding steroid dienone is 5. The number of hydrogen-bond acceptors (Lipinski definition) is 12. The molecule has 0 saturated carbocycles. The van der Waals surface area contributed by atoms with E-state index in [9.17, 15) is 38.9 Å². The molecule has 0 heterocycles. The van der Waals surface area contributed by atoms with E-state index in [4.69, 9.17) is 23.8 Å². The van der Waals surface area contributed by atoms with Crippen LogP contribution in [0.25, 0.3) is 0 Å². The number of rotatable bonds is 38. The molecule has 0 aromatic rings. The van der Waals surface area contributed by atoms with Crippen molar-refractivity contribution in [2.45, 2.75) is 167 Å². The molecule has 2 unspecified atom stereocenters. The Bertz CT molecular complexity index is 1270. The number of phosphoric ester groups is 2. The lowest BCUT2D eigenvalue weighted by molar-refractivity contribution is -0.161. The van der Waals surface area contributed by atoms with E-state index in [1.54, 1.807) is 36.5 Å². The third kappa shape index (κ3) is 38.2. The molecule has 0 amide bonds. The van der Waals surface area contributed by atoms with Crippen molar-refractivity contribution in [2.75, 3.05) is 26.4 Å². The largest absolute Gasteiger partial charge is 0.472 e. The lowest BCUT2D eigenvalue weighted by atomic mass is 9.99. The Morgan fingerprint density at radius 1 is 0.621 bits per heavy atom. The van der Waals surface area contributed by atoms with E-state index in [2.05, 4.69) is 35.9 Å². The fourth-order valence-corrected chi connectivity index (χ4v) is 6.44. The van der Waals surface area contributed by atoms with Gasteiger partial charge in [0.15, 0.2) is 6.10 Å². The van der Waals surface area contributed by atoms with Crippen LogP contribution < -0.4 is 0 Å². The zero-order valence-corrected chi connectivity index (χ0v) is 36.8. The Hall–Kier alpha value is -2.00. The fraction of sp³-hybridized carbons (Fsp3) is 0.756. The second kappa shape index (κ2) is 35.7. The van der Waals surface area contributed by atoms with Crippen molar-refractivity contribution in [1.29, 1.82) is 0 Å². The third-order valence-electron chi connectivity index (χ3n) is 8.94. The van der Waals surface area contributed by atoms with Crippen molar-refractivity contribution in [3.05, 3.63) is 48.6 Å². The molecule has 0 aromatic carbocycles. The van der Waals surface area contributed by atoms with Crippen molar-refractivity contribution in [3.8, 4) is 0 Å². The Balaban J connectivity index is 4.83. The Morgan fingerprint density at radius 3 is 1.84 bits per heavy atom. The highest BCUT2D eigenvalue weighted by Gasteiger charge is 2.28. The van der Waals surface area contributed by atoms with Gasteiger partial charge in [0.2, 0.25) is 0 Å². The van der Waals surface area contributed by atoms with Gasteiger partial charge < -0.3 is 39.5 Å². The fourth-order valence-electron chi connectivity index (χ4n) is 5.28. The van der Waals surface area contributed by atoms with Gasteiger partial charge in [-0.3, -0.25) is 23.2 Å². The van der Waals surface area contributed by atoms with Crippen LogP contribution in [0, 0.1) is 5.92 Å². The summed E-state index contributed by atoms with van der Waals surface area (Å²) in [7, 11) is -9.76. The van der Waals surface area contributed by atoms with Crippen LogP contribution in [0.5, 0.6) is 0 Å². The molecule has 6 atom stereocenters. The van der Waals surface area contributed by atoms with Crippen LogP contribution in [0.2, 0.25) is 0 Å². The van der Waals surface area contributed by atoms with Gasteiger partial charge in [-0.1, -0.05) is 140 Å². The van der Waals surface area contributed by atoms with Gasteiger partial charge in [-0.05, 0) is 44.4 Å². The van der Waals surface area contributed by atoms with Crippen LogP contribution in [-0.4, -0.2) is 92.8 Å². The summed E-state index contributed by atoms with van der Waals surface area (Å²) in [5.41, 5.74) is 0. The molecule has 0 spiro atoms. The van der Waals surface area contributed by atoms with Crippen LogP contribution in [0.4, 0.5) is 0 Å². The summed E-state index contributed by atoms with van der Waals surface area (Å²) >= 11 is 0. The lowest BCUT2D eigenvalue weighted by Gasteiger charge is -2.20. The first-order valence-electron chi connectivity index (χ1n) is 20.9. The molecule has 0 bridgehead atoms. The molecule has 0 rings (SSSR count). The average Bonchev–Trinajstić information content (AvgIpc) is 3.17. The summed E-state index contributed by atoms with van der Waals surface area (Å²) in [6.45, 7) is 3.69. The molecule has 338 valence electrons.